The summed E-state index contributed by atoms with van der Waals surface area (Å²) in [5, 5.41) is 13.2. The van der Waals surface area contributed by atoms with Crippen LogP contribution in [0.3, 0.4) is 0 Å². The van der Waals surface area contributed by atoms with E-state index in [2.05, 4.69) is 28.2 Å². The second-order valence-corrected chi connectivity index (χ2v) is 4.94. The zero-order valence-electron chi connectivity index (χ0n) is 8.18. The van der Waals surface area contributed by atoms with Crippen LogP contribution < -0.4 is 5.32 Å². The first-order valence-corrected chi connectivity index (χ1v) is 5.65. The van der Waals surface area contributed by atoms with Crippen molar-refractivity contribution >= 4 is 15.9 Å². The number of phenolic OH excluding ortho intramolecular Hbond substituents is 1. The zero-order chi connectivity index (χ0) is 10.2. The third-order valence-corrected chi connectivity index (χ3v) is 3.42. The predicted molar refractivity (Wildman–Crippen MR) is 60.4 cm³/mol. The van der Waals surface area contributed by atoms with E-state index in [9.17, 15) is 5.11 Å². The van der Waals surface area contributed by atoms with Crippen LogP contribution in [0.5, 0.6) is 5.75 Å². The van der Waals surface area contributed by atoms with Crippen LogP contribution >= 0.6 is 15.9 Å². The van der Waals surface area contributed by atoms with Crippen molar-refractivity contribution in [2.45, 2.75) is 25.3 Å². The lowest BCUT2D eigenvalue weighted by Gasteiger charge is -2.26. The van der Waals surface area contributed by atoms with Gasteiger partial charge in [-0.1, -0.05) is 15.9 Å². The van der Waals surface area contributed by atoms with Crippen LogP contribution in [0, 0.1) is 0 Å². The Balaban J connectivity index is 2.44. The highest BCUT2D eigenvalue weighted by Crippen LogP contribution is 2.37. The molecule has 1 aliphatic heterocycles. The molecular weight excluding hydrogens is 242 g/mol. The van der Waals surface area contributed by atoms with Gasteiger partial charge >= 0.3 is 0 Å². The van der Waals surface area contributed by atoms with E-state index in [0.29, 0.717) is 5.75 Å². The monoisotopic (exact) mass is 255 g/mol. The van der Waals surface area contributed by atoms with Crippen molar-refractivity contribution < 1.29 is 5.11 Å². The molecule has 3 heteroatoms. The van der Waals surface area contributed by atoms with Gasteiger partial charge in [-0.3, -0.25) is 0 Å². The molecule has 1 unspecified atom stereocenters. The Hall–Kier alpha value is -0.540. The lowest BCUT2D eigenvalue weighted by Crippen LogP contribution is -2.33. The Morgan fingerprint density at radius 2 is 2.29 bits per heavy atom. The third kappa shape index (κ3) is 1.66. The summed E-state index contributed by atoms with van der Waals surface area (Å²) in [7, 11) is 0. The highest BCUT2D eigenvalue weighted by Gasteiger charge is 2.32. The predicted octanol–water partition coefficient (Wildman–Crippen LogP) is 2.75. The maximum atomic E-state index is 9.80. The highest BCUT2D eigenvalue weighted by atomic mass is 79.9. The van der Waals surface area contributed by atoms with Crippen LogP contribution in [0.4, 0.5) is 0 Å². The van der Waals surface area contributed by atoms with E-state index in [1.807, 2.05) is 12.1 Å². The number of hydrogen-bond acceptors (Lipinski definition) is 2. The minimum Gasteiger partial charge on any atom is -0.508 e. The van der Waals surface area contributed by atoms with Crippen LogP contribution in [0.25, 0.3) is 0 Å². The van der Waals surface area contributed by atoms with Gasteiger partial charge in [0.15, 0.2) is 0 Å². The molecule has 1 atom stereocenters. The molecule has 0 radical (unpaired) electrons. The Morgan fingerprint density at radius 3 is 2.93 bits per heavy atom. The Morgan fingerprint density at radius 1 is 1.50 bits per heavy atom. The topological polar surface area (TPSA) is 32.3 Å². The minimum absolute atomic E-state index is 0.0616. The SMILES string of the molecule is CC1(c2cc(Br)ccc2O)CCCN1. The molecule has 1 aromatic rings. The average Bonchev–Trinajstić information content (AvgIpc) is 2.58. The van der Waals surface area contributed by atoms with Crippen LogP contribution in [-0.2, 0) is 5.54 Å². The summed E-state index contributed by atoms with van der Waals surface area (Å²) in [5.74, 6) is 0.380. The third-order valence-electron chi connectivity index (χ3n) is 2.92. The molecule has 1 aliphatic rings. The second-order valence-electron chi connectivity index (χ2n) is 4.02. The van der Waals surface area contributed by atoms with Gasteiger partial charge in [-0.2, -0.15) is 0 Å². The maximum absolute atomic E-state index is 9.80. The summed E-state index contributed by atoms with van der Waals surface area (Å²) >= 11 is 3.43. The Labute approximate surface area is 92.5 Å². The van der Waals surface area contributed by atoms with E-state index < -0.39 is 0 Å². The molecule has 2 N–H and O–H groups in total. The van der Waals surface area contributed by atoms with Gasteiger partial charge in [0, 0.05) is 15.6 Å². The van der Waals surface area contributed by atoms with Crippen molar-refractivity contribution in [1.82, 2.24) is 5.32 Å². The summed E-state index contributed by atoms with van der Waals surface area (Å²) in [6.45, 7) is 3.17. The van der Waals surface area contributed by atoms with Crippen LogP contribution in [0.2, 0.25) is 0 Å². The van der Waals surface area contributed by atoms with Gasteiger partial charge in [0.25, 0.3) is 0 Å². The number of nitrogens with one attached hydrogen (secondary N) is 1. The summed E-state index contributed by atoms with van der Waals surface area (Å²) < 4.78 is 1.01. The molecule has 14 heavy (non-hydrogen) atoms. The first-order chi connectivity index (χ1) is 6.62. The molecule has 1 saturated heterocycles. The Bertz CT molecular complexity index is 345. The first kappa shape index (κ1) is 9.99. The molecule has 0 saturated carbocycles. The van der Waals surface area contributed by atoms with E-state index >= 15 is 0 Å². The van der Waals surface area contributed by atoms with Crippen molar-refractivity contribution in [3.05, 3.63) is 28.2 Å². The molecule has 0 spiro atoms. The molecule has 0 amide bonds. The smallest absolute Gasteiger partial charge is 0.120 e. The lowest BCUT2D eigenvalue weighted by molar-refractivity contribution is 0.394. The molecule has 0 aromatic heterocycles. The number of phenols is 1. The second kappa shape index (κ2) is 3.55. The number of aromatic hydroxyl groups is 1. The number of halogens is 1. The quantitative estimate of drug-likeness (QED) is 0.809. The van der Waals surface area contributed by atoms with Crippen LogP contribution in [0.1, 0.15) is 25.3 Å². The summed E-state index contributed by atoms with van der Waals surface area (Å²) in [6, 6.07) is 5.59. The van der Waals surface area contributed by atoms with Crippen molar-refractivity contribution in [2.75, 3.05) is 6.54 Å². The van der Waals surface area contributed by atoms with Gasteiger partial charge in [-0.25, -0.2) is 0 Å². The molecule has 1 aromatic carbocycles. The van der Waals surface area contributed by atoms with E-state index in [1.54, 1.807) is 6.07 Å². The van der Waals surface area contributed by atoms with Gasteiger partial charge in [0.1, 0.15) is 5.75 Å². The van der Waals surface area contributed by atoms with Gasteiger partial charge in [0.05, 0.1) is 0 Å². The minimum atomic E-state index is -0.0616. The van der Waals surface area contributed by atoms with Crippen LogP contribution in [0.15, 0.2) is 22.7 Å². The maximum Gasteiger partial charge on any atom is 0.120 e. The number of hydrogen-bond donors (Lipinski definition) is 2. The molecule has 0 aliphatic carbocycles. The van der Waals surface area contributed by atoms with Gasteiger partial charge < -0.3 is 10.4 Å². The normalized spacial score (nSPS) is 26.7. The molecule has 76 valence electrons. The van der Waals surface area contributed by atoms with Gasteiger partial charge in [-0.05, 0) is 44.5 Å². The fraction of sp³-hybridized carbons (Fsp3) is 0.455. The molecule has 1 fully saturated rings. The average molecular weight is 256 g/mol. The number of benzene rings is 1. The van der Waals surface area contributed by atoms with Crippen LogP contribution in [-0.4, -0.2) is 11.7 Å². The standard InChI is InChI=1S/C11H14BrNO/c1-11(5-2-6-13-11)9-7-8(12)3-4-10(9)14/h3-4,7,13-14H,2,5-6H2,1H3. The lowest BCUT2D eigenvalue weighted by atomic mass is 9.90. The highest BCUT2D eigenvalue weighted by molar-refractivity contribution is 9.10. The molecule has 0 bridgehead atoms. The first-order valence-electron chi connectivity index (χ1n) is 4.86. The summed E-state index contributed by atoms with van der Waals surface area (Å²) in [5.41, 5.74) is 0.929. The molecule has 2 nitrogen and oxygen atoms in total. The summed E-state index contributed by atoms with van der Waals surface area (Å²) in [4.78, 5) is 0. The Kier molecular flexibility index (Phi) is 2.54. The fourth-order valence-corrected chi connectivity index (χ4v) is 2.44. The zero-order valence-corrected chi connectivity index (χ0v) is 9.76. The largest absolute Gasteiger partial charge is 0.508 e. The summed E-state index contributed by atoms with van der Waals surface area (Å²) in [6.07, 6.45) is 2.25. The molecular formula is C11H14BrNO. The van der Waals surface area contributed by atoms with E-state index in [-0.39, 0.29) is 5.54 Å². The van der Waals surface area contributed by atoms with E-state index in [0.717, 1.165) is 23.0 Å². The number of rotatable bonds is 1. The van der Waals surface area contributed by atoms with Gasteiger partial charge in [-0.15, -0.1) is 0 Å². The molecule has 1 heterocycles. The van der Waals surface area contributed by atoms with E-state index in [4.69, 9.17) is 0 Å². The van der Waals surface area contributed by atoms with Crippen molar-refractivity contribution in [1.29, 1.82) is 0 Å². The van der Waals surface area contributed by atoms with Crippen molar-refractivity contribution in [2.24, 2.45) is 0 Å². The van der Waals surface area contributed by atoms with Crippen molar-refractivity contribution in [3.63, 3.8) is 0 Å². The van der Waals surface area contributed by atoms with Crippen molar-refractivity contribution in [3.8, 4) is 5.75 Å². The van der Waals surface area contributed by atoms with E-state index in [1.165, 1.54) is 6.42 Å². The molecule has 2 rings (SSSR count). The fourth-order valence-electron chi connectivity index (χ4n) is 2.07. The van der Waals surface area contributed by atoms with Gasteiger partial charge in [0.2, 0.25) is 0 Å².